The molecule has 19 nitrogen and oxygen atoms in total. The summed E-state index contributed by atoms with van der Waals surface area (Å²) in [6.07, 6.45) is 1.08. The van der Waals surface area contributed by atoms with Gasteiger partial charge in [-0.1, -0.05) is 65.2 Å². The lowest BCUT2D eigenvalue weighted by Crippen LogP contribution is -2.21. The monoisotopic (exact) mass is 974 g/mol. The number of rotatable bonds is 8. The van der Waals surface area contributed by atoms with Gasteiger partial charge in [0.1, 0.15) is 11.3 Å². The maximum atomic E-state index is 11.6. The number of esters is 3. The number of nitrogen functional groups attached to an aromatic ring is 2. The first-order valence-electron chi connectivity index (χ1n) is 21.6. The molecule has 0 radical (unpaired) electrons. The van der Waals surface area contributed by atoms with E-state index in [0.29, 0.717) is 57.3 Å². The number of carbonyl (C=O) groups is 5. The molecule has 3 heterocycles. The van der Waals surface area contributed by atoms with Crippen molar-refractivity contribution in [3.8, 4) is 0 Å². The number of benzene rings is 4. The third kappa shape index (κ3) is 18.8. The third-order valence-electron chi connectivity index (χ3n) is 8.40. The fourth-order valence-electron chi connectivity index (χ4n) is 5.30. The largest absolute Gasteiger partial charge is 0.463 e. The van der Waals surface area contributed by atoms with E-state index in [2.05, 4.69) is 44.9 Å². The lowest BCUT2D eigenvalue weighted by atomic mass is 10.2. The molecular formula is C50H55ClN10O9. The molecule has 7 rings (SSSR count). The Balaban J connectivity index is 0.000000235. The summed E-state index contributed by atoms with van der Waals surface area (Å²) in [5.74, 6) is -1.49. The van der Waals surface area contributed by atoms with Crippen molar-refractivity contribution in [3.63, 3.8) is 0 Å². The predicted octanol–water partition coefficient (Wildman–Crippen LogP) is 10.0. The van der Waals surface area contributed by atoms with Gasteiger partial charge >= 0.3 is 24.0 Å². The van der Waals surface area contributed by atoms with Crippen molar-refractivity contribution >= 4 is 86.4 Å². The summed E-state index contributed by atoms with van der Waals surface area (Å²) in [7, 11) is 0. The van der Waals surface area contributed by atoms with E-state index in [9.17, 15) is 24.0 Å². The SMILES string of the molecule is CCOC(=O)/C=C(\C)N=NC(=O)OC(C)(C)C.CCOC(=O)c1nc2ccccc2nc1C.CCOC(=O)c1nc2ccccc2nc1Cl.Cc1nc2ccccc2nc1C=O.Nc1ccccc1N. The lowest BCUT2D eigenvalue weighted by molar-refractivity contribution is -0.137. The number of carbonyl (C=O) groups excluding carboxylic acids is 5. The molecule has 0 saturated heterocycles. The van der Waals surface area contributed by atoms with Gasteiger partial charge in [0.2, 0.25) is 0 Å². The molecule has 3 aromatic heterocycles. The number of para-hydroxylation sites is 8. The van der Waals surface area contributed by atoms with Crippen molar-refractivity contribution < 1.29 is 42.9 Å². The van der Waals surface area contributed by atoms with Crippen molar-refractivity contribution in [1.82, 2.24) is 29.9 Å². The van der Waals surface area contributed by atoms with Crippen LogP contribution in [0.2, 0.25) is 5.15 Å². The second kappa shape index (κ2) is 28.1. The van der Waals surface area contributed by atoms with Gasteiger partial charge in [-0.25, -0.2) is 49.1 Å². The minimum absolute atomic E-state index is 0.0576. The van der Waals surface area contributed by atoms with Crippen LogP contribution in [-0.4, -0.2) is 85.6 Å². The minimum atomic E-state index is -0.797. The zero-order chi connectivity index (χ0) is 51.8. The fourth-order valence-corrected chi connectivity index (χ4v) is 5.51. The highest BCUT2D eigenvalue weighted by molar-refractivity contribution is 6.32. The third-order valence-corrected chi connectivity index (χ3v) is 8.66. The maximum Gasteiger partial charge on any atom is 0.452 e. The first kappa shape index (κ1) is 56.0. The summed E-state index contributed by atoms with van der Waals surface area (Å²) in [6, 6.07) is 29.4. The van der Waals surface area contributed by atoms with Crippen LogP contribution in [0.15, 0.2) is 119 Å². The van der Waals surface area contributed by atoms with Crippen LogP contribution in [0.1, 0.15) is 91.3 Å². The van der Waals surface area contributed by atoms with E-state index in [1.165, 1.54) is 6.92 Å². The topological polar surface area (TPSA) is 276 Å². The molecule has 0 bridgehead atoms. The summed E-state index contributed by atoms with van der Waals surface area (Å²) in [4.78, 5) is 81.0. The molecule has 70 heavy (non-hydrogen) atoms. The Hall–Kier alpha value is -8.32. The first-order chi connectivity index (χ1) is 33.3. The number of halogens is 1. The van der Waals surface area contributed by atoms with Gasteiger partial charge < -0.3 is 30.4 Å². The Morgan fingerprint density at radius 3 is 1.43 bits per heavy atom. The number of aldehydes is 1. The van der Waals surface area contributed by atoms with Crippen LogP contribution in [0.5, 0.6) is 0 Å². The van der Waals surface area contributed by atoms with E-state index in [-0.39, 0.29) is 29.8 Å². The minimum Gasteiger partial charge on any atom is -0.463 e. The van der Waals surface area contributed by atoms with Gasteiger partial charge in [-0.05, 0) is 111 Å². The van der Waals surface area contributed by atoms with Crippen molar-refractivity contribution in [2.45, 2.75) is 67.9 Å². The Labute approximate surface area is 409 Å². The van der Waals surface area contributed by atoms with Gasteiger partial charge in [0.05, 0.1) is 81.4 Å². The van der Waals surface area contributed by atoms with Crippen molar-refractivity contribution in [3.05, 3.63) is 142 Å². The molecule has 0 aliphatic rings. The average molecular weight is 976 g/mol. The van der Waals surface area contributed by atoms with Gasteiger partial charge in [-0.15, -0.1) is 5.11 Å². The Morgan fingerprint density at radius 2 is 0.986 bits per heavy atom. The van der Waals surface area contributed by atoms with Crippen molar-refractivity contribution in [2.75, 3.05) is 31.3 Å². The fraction of sp³-hybridized carbons (Fsp3) is 0.260. The standard InChI is InChI=1S/C12H12N2O2.C11H9ClN2O2.C11H18N2O4.C10H8N2O.C6H8N2/c1-3-16-12(15)11-8(2)13-9-6-4-5-7-10(9)14-11;1-2-16-11(15)9-10(12)14-8-6-4-3-5-7(8)13-9;1-6-16-9(14)7-8(2)12-13-10(15)17-11(3,4)5;1-7-10(6-13)12-9-5-3-2-4-8(9)11-7;7-5-3-1-2-4-6(5)8/h4-7H,3H2,1-2H3;3-6H,2H2,1H3;7H,6H2,1-5H3;2-6H,1H3;1-4H,7-8H2/b;;8-7+,13-12?;;. The van der Waals surface area contributed by atoms with Crippen molar-refractivity contribution in [2.24, 2.45) is 10.2 Å². The summed E-state index contributed by atoms with van der Waals surface area (Å²) in [6.45, 7) is 16.3. The number of ether oxygens (including phenoxy) is 4. The Bertz CT molecular complexity index is 2860. The van der Waals surface area contributed by atoms with Gasteiger partial charge in [0.15, 0.2) is 22.8 Å². The molecule has 0 aliphatic heterocycles. The molecular weight excluding hydrogens is 920 g/mol. The van der Waals surface area contributed by atoms with Crippen LogP contribution < -0.4 is 11.5 Å². The number of aromatic nitrogens is 6. The number of nitrogens with two attached hydrogens (primary N) is 2. The smallest absolute Gasteiger partial charge is 0.452 e. The Morgan fingerprint density at radius 1 is 0.586 bits per heavy atom. The molecule has 4 aromatic carbocycles. The molecule has 0 atom stereocenters. The molecule has 0 fully saturated rings. The molecule has 4 N–H and O–H groups in total. The van der Waals surface area contributed by atoms with Crippen LogP contribution in [0.4, 0.5) is 16.2 Å². The van der Waals surface area contributed by atoms with E-state index in [1.807, 2.05) is 72.8 Å². The van der Waals surface area contributed by atoms with Gasteiger partial charge in [-0.3, -0.25) is 4.79 Å². The maximum absolute atomic E-state index is 11.6. The van der Waals surface area contributed by atoms with Crippen LogP contribution in [0.3, 0.4) is 0 Å². The predicted molar refractivity (Wildman–Crippen MR) is 267 cm³/mol. The molecule has 0 saturated carbocycles. The number of amides is 1. The highest BCUT2D eigenvalue weighted by atomic mass is 35.5. The van der Waals surface area contributed by atoms with Crippen LogP contribution >= 0.6 is 11.6 Å². The quantitative estimate of drug-likeness (QED) is 0.0358. The summed E-state index contributed by atoms with van der Waals surface area (Å²) < 4.78 is 19.3. The second-order valence-corrected chi connectivity index (χ2v) is 15.4. The number of allylic oxidation sites excluding steroid dienone is 1. The Kier molecular flexibility index (Phi) is 22.5. The second-order valence-electron chi connectivity index (χ2n) is 15.1. The highest BCUT2D eigenvalue weighted by Crippen LogP contribution is 2.18. The van der Waals surface area contributed by atoms with E-state index < -0.39 is 29.6 Å². The first-order valence-corrected chi connectivity index (χ1v) is 22.0. The average Bonchev–Trinajstić information content (AvgIpc) is 3.31. The number of hydrogen-bond acceptors (Lipinski definition) is 18. The van der Waals surface area contributed by atoms with E-state index in [0.717, 1.165) is 28.9 Å². The molecule has 20 heteroatoms. The van der Waals surface area contributed by atoms with Crippen LogP contribution in [0.25, 0.3) is 33.1 Å². The van der Waals surface area contributed by atoms with E-state index in [1.54, 1.807) is 79.7 Å². The van der Waals surface area contributed by atoms with E-state index in [4.69, 9.17) is 37.3 Å². The number of fused-ring (bicyclic) bond motifs is 3. The van der Waals surface area contributed by atoms with Crippen LogP contribution in [0, 0.1) is 13.8 Å². The summed E-state index contributed by atoms with van der Waals surface area (Å²) in [5.41, 5.74) is 18.1. The zero-order valence-corrected chi connectivity index (χ0v) is 41.1. The zero-order valence-electron chi connectivity index (χ0n) is 40.3. The normalized spacial score (nSPS) is 10.7. The molecule has 7 aromatic rings. The summed E-state index contributed by atoms with van der Waals surface area (Å²) >= 11 is 5.86. The van der Waals surface area contributed by atoms with Gasteiger partial charge in [0.25, 0.3) is 0 Å². The van der Waals surface area contributed by atoms with Crippen LogP contribution in [-0.2, 0) is 23.7 Å². The molecule has 0 spiro atoms. The number of hydrogen-bond donors (Lipinski definition) is 2. The molecule has 1 amide bonds. The molecule has 0 aliphatic carbocycles. The van der Waals surface area contributed by atoms with Gasteiger partial charge in [0, 0.05) is 6.08 Å². The van der Waals surface area contributed by atoms with Crippen molar-refractivity contribution in [1.29, 1.82) is 0 Å². The van der Waals surface area contributed by atoms with Gasteiger partial charge in [-0.2, -0.15) is 0 Å². The van der Waals surface area contributed by atoms with E-state index >= 15 is 0 Å². The number of azo groups is 1. The number of anilines is 2. The molecule has 366 valence electrons. The number of nitrogens with zero attached hydrogens (tertiary/aromatic N) is 8. The lowest BCUT2D eigenvalue weighted by Gasteiger charge is -2.16. The highest BCUT2D eigenvalue weighted by Gasteiger charge is 2.17. The number of aryl methyl sites for hydroxylation is 2. The summed E-state index contributed by atoms with van der Waals surface area (Å²) in [5, 5.41) is 6.92. The molecule has 0 unspecified atom stereocenters.